The second-order valence-electron chi connectivity index (χ2n) is 4.19. The molecule has 1 fully saturated rings. The Balaban J connectivity index is 1.97. The largest absolute Gasteiger partial charge is 0.447 e. The molecule has 1 heterocycles. The Bertz CT molecular complexity index is 478. The number of benzene rings is 1. The van der Waals surface area contributed by atoms with Crippen LogP contribution in [0.5, 0.6) is 0 Å². The van der Waals surface area contributed by atoms with Crippen molar-refractivity contribution in [2.75, 3.05) is 0 Å². The molecular formula is C12H12N2O2. The van der Waals surface area contributed by atoms with Gasteiger partial charge in [0.2, 0.25) is 6.10 Å². The average molecular weight is 216 g/mol. The summed E-state index contributed by atoms with van der Waals surface area (Å²) in [6.45, 7) is 0. The van der Waals surface area contributed by atoms with E-state index in [-0.39, 0.29) is 11.9 Å². The maximum atomic E-state index is 11.6. The molecule has 0 saturated heterocycles. The molecule has 4 nitrogen and oxygen atoms in total. The van der Waals surface area contributed by atoms with Crippen LogP contribution in [0.25, 0.3) is 0 Å². The molecule has 1 saturated carbocycles. The van der Waals surface area contributed by atoms with Gasteiger partial charge in [0.05, 0.1) is 0 Å². The molecule has 2 aliphatic rings. The van der Waals surface area contributed by atoms with Crippen LogP contribution in [0.1, 0.15) is 36.0 Å². The number of amides is 1. The van der Waals surface area contributed by atoms with Crippen molar-refractivity contribution in [1.82, 2.24) is 0 Å². The lowest BCUT2D eigenvalue weighted by Gasteiger charge is -2.13. The summed E-state index contributed by atoms with van der Waals surface area (Å²) >= 11 is 0. The summed E-state index contributed by atoms with van der Waals surface area (Å²) in [6, 6.07) is 7.84. The molecule has 1 amide bonds. The first-order valence-corrected chi connectivity index (χ1v) is 5.39. The van der Waals surface area contributed by atoms with E-state index in [0.29, 0.717) is 5.92 Å². The second kappa shape index (κ2) is 3.33. The Labute approximate surface area is 93.1 Å². The van der Waals surface area contributed by atoms with Gasteiger partial charge in [0, 0.05) is 5.56 Å². The fraction of sp³-hybridized carbons (Fsp3) is 0.333. The van der Waals surface area contributed by atoms with Crippen LogP contribution < -0.4 is 5.73 Å². The Hall–Kier alpha value is -1.84. The van der Waals surface area contributed by atoms with Crippen molar-refractivity contribution in [3.05, 3.63) is 35.4 Å². The smallest absolute Gasteiger partial charge is 0.296 e. The lowest BCUT2D eigenvalue weighted by Crippen LogP contribution is -2.15. The third-order valence-corrected chi connectivity index (χ3v) is 2.98. The van der Waals surface area contributed by atoms with E-state index in [1.165, 1.54) is 18.4 Å². The van der Waals surface area contributed by atoms with Crippen molar-refractivity contribution in [2.24, 2.45) is 10.7 Å². The molecule has 0 spiro atoms. The van der Waals surface area contributed by atoms with Gasteiger partial charge in [-0.15, -0.1) is 0 Å². The molecule has 0 radical (unpaired) electrons. The minimum absolute atomic E-state index is 0.0272. The van der Waals surface area contributed by atoms with Crippen LogP contribution in [0.2, 0.25) is 0 Å². The van der Waals surface area contributed by atoms with E-state index in [2.05, 4.69) is 11.1 Å². The number of nitrogens with two attached hydrogens (primary N) is 1. The van der Waals surface area contributed by atoms with Gasteiger partial charge in [-0.05, 0) is 24.3 Å². The fourth-order valence-electron chi connectivity index (χ4n) is 2.08. The molecule has 0 aromatic heterocycles. The van der Waals surface area contributed by atoms with Gasteiger partial charge in [0.1, 0.15) is 0 Å². The van der Waals surface area contributed by atoms with Crippen molar-refractivity contribution in [2.45, 2.75) is 24.9 Å². The van der Waals surface area contributed by atoms with Gasteiger partial charge in [-0.2, -0.15) is 4.99 Å². The van der Waals surface area contributed by atoms with Crippen LogP contribution in [0.3, 0.4) is 0 Å². The van der Waals surface area contributed by atoms with Gasteiger partial charge < -0.3 is 10.5 Å². The highest BCUT2D eigenvalue weighted by Gasteiger charge is 2.34. The van der Waals surface area contributed by atoms with Crippen molar-refractivity contribution in [3.63, 3.8) is 0 Å². The summed E-state index contributed by atoms with van der Waals surface area (Å²) in [6.07, 6.45) is 1.75. The fourth-order valence-corrected chi connectivity index (χ4v) is 2.08. The number of ether oxygens (including phenoxy) is 1. The number of nitrogens with zero attached hydrogens (tertiary/aromatic N) is 1. The first-order valence-electron chi connectivity index (χ1n) is 5.39. The average Bonchev–Trinajstić information content (AvgIpc) is 3.05. The van der Waals surface area contributed by atoms with E-state index in [9.17, 15) is 4.79 Å². The molecule has 1 aliphatic heterocycles. The maximum absolute atomic E-state index is 11.6. The highest BCUT2D eigenvalue weighted by atomic mass is 16.5. The van der Waals surface area contributed by atoms with E-state index in [0.717, 1.165) is 5.56 Å². The zero-order valence-electron chi connectivity index (χ0n) is 8.72. The highest BCUT2D eigenvalue weighted by molar-refractivity contribution is 5.98. The van der Waals surface area contributed by atoms with Gasteiger partial charge in [-0.1, -0.05) is 24.3 Å². The molecule has 3 rings (SSSR count). The monoisotopic (exact) mass is 216 g/mol. The predicted molar refractivity (Wildman–Crippen MR) is 58.9 cm³/mol. The summed E-state index contributed by atoms with van der Waals surface area (Å²) < 4.78 is 5.26. The Kier molecular flexibility index (Phi) is 1.96. The molecule has 2 N–H and O–H groups in total. The number of rotatable bonds is 2. The van der Waals surface area contributed by atoms with E-state index in [1.54, 1.807) is 0 Å². The van der Waals surface area contributed by atoms with Crippen molar-refractivity contribution < 1.29 is 9.53 Å². The van der Waals surface area contributed by atoms with Crippen LogP contribution in [-0.2, 0) is 9.53 Å². The predicted octanol–water partition coefficient (Wildman–Crippen LogP) is 1.48. The first kappa shape index (κ1) is 9.39. The summed E-state index contributed by atoms with van der Waals surface area (Å²) in [4.78, 5) is 15.2. The van der Waals surface area contributed by atoms with E-state index < -0.39 is 6.10 Å². The summed E-state index contributed by atoms with van der Waals surface area (Å²) in [5.41, 5.74) is 7.52. The SMILES string of the molecule is NC1=NC(=O)C(c2ccccc2C2CC2)O1. The Morgan fingerprint density at radius 2 is 1.94 bits per heavy atom. The van der Waals surface area contributed by atoms with Crippen LogP contribution in [0.4, 0.5) is 0 Å². The molecule has 1 aliphatic carbocycles. The Morgan fingerprint density at radius 1 is 1.25 bits per heavy atom. The molecular weight excluding hydrogens is 204 g/mol. The molecule has 1 atom stereocenters. The number of aliphatic imine (C=N–C) groups is 1. The summed E-state index contributed by atoms with van der Waals surface area (Å²) in [7, 11) is 0. The number of carbonyl (C=O) groups is 1. The van der Waals surface area contributed by atoms with Crippen molar-refractivity contribution in [1.29, 1.82) is 0 Å². The quantitative estimate of drug-likeness (QED) is 0.814. The zero-order valence-corrected chi connectivity index (χ0v) is 8.72. The van der Waals surface area contributed by atoms with Gasteiger partial charge in [-0.3, -0.25) is 4.79 Å². The zero-order chi connectivity index (χ0) is 11.1. The minimum atomic E-state index is -0.628. The van der Waals surface area contributed by atoms with E-state index >= 15 is 0 Å². The third-order valence-electron chi connectivity index (χ3n) is 2.98. The summed E-state index contributed by atoms with van der Waals surface area (Å²) in [5.74, 6) is 0.278. The molecule has 1 unspecified atom stereocenters. The van der Waals surface area contributed by atoms with Crippen LogP contribution >= 0.6 is 0 Å². The van der Waals surface area contributed by atoms with Crippen molar-refractivity contribution >= 4 is 11.9 Å². The lowest BCUT2D eigenvalue weighted by atomic mass is 9.98. The van der Waals surface area contributed by atoms with Crippen LogP contribution in [-0.4, -0.2) is 11.9 Å². The molecule has 0 bridgehead atoms. The molecule has 1 aromatic rings. The highest BCUT2D eigenvalue weighted by Crippen LogP contribution is 2.43. The summed E-state index contributed by atoms with van der Waals surface area (Å²) in [5, 5.41) is 0. The van der Waals surface area contributed by atoms with Gasteiger partial charge in [0.25, 0.3) is 11.9 Å². The number of carbonyl (C=O) groups excluding carboxylic acids is 1. The maximum Gasteiger partial charge on any atom is 0.296 e. The molecule has 82 valence electrons. The Morgan fingerprint density at radius 3 is 2.50 bits per heavy atom. The standard InChI is InChI=1S/C12H12N2O2/c13-12-14-11(15)10(16-12)9-4-2-1-3-8(9)7-5-6-7/h1-4,7,10H,5-6H2,(H2,13,14,15). The second-order valence-corrected chi connectivity index (χ2v) is 4.19. The number of amidine groups is 1. The van der Waals surface area contributed by atoms with Gasteiger partial charge in [0.15, 0.2) is 0 Å². The normalized spacial score (nSPS) is 24.1. The van der Waals surface area contributed by atoms with E-state index in [1.807, 2.05) is 18.2 Å². The molecule has 16 heavy (non-hydrogen) atoms. The number of hydrogen-bond acceptors (Lipinski definition) is 3. The third kappa shape index (κ3) is 1.46. The van der Waals surface area contributed by atoms with E-state index in [4.69, 9.17) is 10.5 Å². The molecule has 4 heteroatoms. The first-order chi connectivity index (χ1) is 7.75. The lowest BCUT2D eigenvalue weighted by molar-refractivity contribution is -0.122. The number of hydrogen-bond donors (Lipinski definition) is 1. The molecule has 1 aromatic carbocycles. The topological polar surface area (TPSA) is 64.7 Å². The van der Waals surface area contributed by atoms with Crippen molar-refractivity contribution in [3.8, 4) is 0 Å². The van der Waals surface area contributed by atoms with Gasteiger partial charge in [-0.25, -0.2) is 0 Å². The van der Waals surface area contributed by atoms with Crippen LogP contribution in [0.15, 0.2) is 29.3 Å². The minimum Gasteiger partial charge on any atom is -0.447 e. The van der Waals surface area contributed by atoms with Gasteiger partial charge >= 0.3 is 0 Å². The van der Waals surface area contributed by atoms with Crippen LogP contribution in [0, 0.1) is 0 Å².